The summed E-state index contributed by atoms with van der Waals surface area (Å²) in [6.07, 6.45) is 0. The molecule has 21 heavy (non-hydrogen) atoms. The maximum atomic E-state index is 6.37. The Bertz CT molecular complexity index is 788. The van der Waals surface area contributed by atoms with E-state index < -0.39 is 0 Å². The maximum absolute atomic E-state index is 6.37. The third kappa shape index (κ3) is 3.49. The summed E-state index contributed by atoms with van der Waals surface area (Å²) in [5.74, 6) is 0. The van der Waals surface area contributed by atoms with E-state index in [2.05, 4.69) is 73.7 Å². The molecule has 3 aromatic carbocycles. The minimum absolute atomic E-state index is 0.771. The third-order valence-electron chi connectivity index (χ3n) is 3.35. The average Bonchev–Trinajstić information content (AvgIpc) is 2.53. The molecule has 0 aromatic heterocycles. The largest absolute Gasteiger partial charge is 0.0965 e. The Morgan fingerprint density at radius 3 is 2.38 bits per heavy atom. The lowest BCUT2D eigenvalue weighted by atomic mass is 10.1. The van der Waals surface area contributed by atoms with Crippen LogP contribution in [0.15, 0.2) is 77.0 Å². The van der Waals surface area contributed by atoms with Gasteiger partial charge in [-0.1, -0.05) is 83.5 Å². The lowest BCUT2D eigenvalue weighted by Gasteiger charge is -2.03. The van der Waals surface area contributed by atoms with Crippen LogP contribution >= 0.6 is 23.4 Å². The van der Waals surface area contributed by atoms with Crippen molar-refractivity contribution in [3.63, 3.8) is 0 Å². The zero-order chi connectivity index (χ0) is 14.7. The number of benzene rings is 3. The first-order valence-corrected chi connectivity index (χ1v) is 8.06. The molecule has 0 unspecified atom stereocenters. The molecule has 0 heterocycles. The van der Waals surface area contributed by atoms with Crippen molar-refractivity contribution in [2.45, 2.75) is 11.8 Å². The maximum Gasteiger partial charge on any atom is 0.0544 e. The molecule has 0 aliphatic carbocycles. The molecule has 3 rings (SSSR count). The number of halogens is 1. The molecule has 0 radical (unpaired) electrons. The second-order valence-electron chi connectivity index (χ2n) is 4.96. The molecule has 0 spiro atoms. The first kappa shape index (κ1) is 14.2. The van der Waals surface area contributed by atoms with E-state index in [-0.39, 0.29) is 0 Å². The minimum Gasteiger partial charge on any atom is -0.0965 e. The number of aryl methyl sites for hydroxylation is 1. The Labute approximate surface area is 134 Å². The molecule has 0 saturated carbocycles. The topological polar surface area (TPSA) is 0 Å². The Morgan fingerprint density at radius 1 is 0.905 bits per heavy atom. The Balaban J connectivity index is 1.81. The van der Waals surface area contributed by atoms with Crippen molar-refractivity contribution in [1.82, 2.24) is 0 Å². The normalized spacial score (nSPS) is 11.8. The van der Waals surface area contributed by atoms with E-state index in [0.29, 0.717) is 0 Å². The van der Waals surface area contributed by atoms with Crippen molar-refractivity contribution in [3.05, 3.63) is 83.3 Å². The molecule has 0 N–H and O–H groups in total. The molecule has 0 bridgehead atoms. The number of hydrogen-bond donors (Lipinski definition) is 0. The summed E-state index contributed by atoms with van der Waals surface area (Å²) in [5, 5.41) is 5.28. The van der Waals surface area contributed by atoms with Gasteiger partial charge in [-0.2, -0.15) is 0 Å². The van der Waals surface area contributed by atoms with E-state index in [1.54, 1.807) is 11.8 Å². The van der Waals surface area contributed by atoms with Gasteiger partial charge < -0.3 is 0 Å². The Morgan fingerprint density at radius 2 is 1.62 bits per heavy atom. The molecule has 0 aliphatic heterocycles. The average molecular weight is 311 g/mol. The summed E-state index contributed by atoms with van der Waals surface area (Å²) in [6, 6.07) is 23.1. The van der Waals surface area contributed by atoms with Gasteiger partial charge in [0, 0.05) is 4.90 Å². The fourth-order valence-electron chi connectivity index (χ4n) is 2.14. The van der Waals surface area contributed by atoms with Crippen LogP contribution in [-0.4, -0.2) is 0 Å². The smallest absolute Gasteiger partial charge is 0.0544 e. The van der Waals surface area contributed by atoms with Gasteiger partial charge in [0.1, 0.15) is 0 Å². The Kier molecular flexibility index (Phi) is 4.33. The van der Waals surface area contributed by atoms with Crippen molar-refractivity contribution in [1.29, 1.82) is 0 Å². The number of thioether (sulfide) groups is 1. The van der Waals surface area contributed by atoms with Crippen molar-refractivity contribution in [2.75, 3.05) is 0 Å². The van der Waals surface area contributed by atoms with E-state index in [9.17, 15) is 0 Å². The summed E-state index contributed by atoms with van der Waals surface area (Å²) >= 11 is 8.02. The van der Waals surface area contributed by atoms with Gasteiger partial charge in [-0.3, -0.25) is 0 Å². The predicted octanol–water partition coefficient (Wildman–Crippen LogP) is 6.48. The summed E-state index contributed by atoms with van der Waals surface area (Å²) < 4.78 is 0. The monoisotopic (exact) mass is 310 g/mol. The fraction of sp³-hybridized carbons (Fsp3) is 0.0526. The molecule has 0 amide bonds. The van der Waals surface area contributed by atoms with Crippen molar-refractivity contribution in [3.8, 4) is 0 Å². The third-order valence-corrected chi connectivity index (χ3v) is 4.68. The van der Waals surface area contributed by atoms with Crippen molar-refractivity contribution >= 4 is 39.2 Å². The summed E-state index contributed by atoms with van der Waals surface area (Å²) in [7, 11) is 0. The highest BCUT2D eigenvalue weighted by Crippen LogP contribution is 2.29. The van der Waals surface area contributed by atoms with Gasteiger partial charge in [0.15, 0.2) is 0 Å². The molecule has 0 nitrogen and oxygen atoms in total. The van der Waals surface area contributed by atoms with Gasteiger partial charge in [0.05, 0.1) is 5.03 Å². The van der Waals surface area contributed by atoms with Gasteiger partial charge in [-0.15, -0.1) is 0 Å². The molecule has 0 saturated heterocycles. The van der Waals surface area contributed by atoms with Crippen LogP contribution in [0.2, 0.25) is 0 Å². The van der Waals surface area contributed by atoms with Crippen LogP contribution in [0.3, 0.4) is 0 Å². The van der Waals surface area contributed by atoms with E-state index in [0.717, 1.165) is 10.6 Å². The molecule has 0 atom stereocenters. The van der Waals surface area contributed by atoms with Crippen LogP contribution < -0.4 is 0 Å². The highest BCUT2D eigenvalue weighted by molar-refractivity contribution is 8.02. The molecule has 3 aromatic rings. The van der Waals surface area contributed by atoms with Crippen LogP contribution in [0.5, 0.6) is 0 Å². The zero-order valence-electron chi connectivity index (χ0n) is 11.7. The standard InChI is InChI=1S/C19H15ClS/c1-14-6-8-16(9-7-14)19(20)13-21-18-11-10-15-4-2-3-5-17(15)12-18/h2-13H,1H3/b19-13+. The molecular weight excluding hydrogens is 296 g/mol. The summed E-state index contributed by atoms with van der Waals surface area (Å²) in [6.45, 7) is 2.07. The first-order chi connectivity index (χ1) is 10.2. The van der Waals surface area contributed by atoms with Gasteiger partial charge in [-0.05, 0) is 40.8 Å². The Hall–Kier alpha value is -1.70. The molecular formula is C19H15ClS. The van der Waals surface area contributed by atoms with Crippen LogP contribution in [0.1, 0.15) is 11.1 Å². The minimum atomic E-state index is 0.771. The number of rotatable bonds is 3. The molecule has 2 heteroatoms. The fourth-order valence-corrected chi connectivity index (χ4v) is 3.12. The number of fused-ring (bicyclic) bond motifs is 1. The number of hydrogen-bond acceptors (Lipinski definition) is 1. The molecule has 0 aliphatic rings. The highest BCUT2D eigenvalue weighted by Gasteiger charge is 1.99. The van der Waals surface area contributed by atoms with Gasteiger partial charge in [0.2, 0.25) is 0 Å². The van der Waals surface area contributed by atoms with Crippen LogP contribution in [-0.2, 0) is 0 Å². The van der Waals surface area contributed by atoms with E-state index >= 15 is 0 Å². The van der Waals surface area contributed by atoms with E-state index in [4.69, 9.17) is 11.6 Å². The van der Waals surface area contributed by atoms with Crippen LogP contribution in [0.4, 0.5) is 0 Å². The lowest BCUT2D eigenvalue weighted by molar-refractivity contribution is 1.46. The van der Waals surface area contributed by atoms with Gasteiger partial charge in [-0.25, -0.2) is 0 Å². The lowest BCUT2D eigenvalue weighted by Crippen LogP contribution is -1.78. The van der Waals surface area contributed by atoms with Crippen LogP contribution in [0, 0.1) is 6.92 Å². The predicted molar refractivity (Wildman–Crippen MR) is 94.8 cm³/mol. The second kappa shape index (κ2) is 6.38. The molecule has 104 valence electrons. The first-order valence-electron chi connectivity index (χ1n) is 6.80. The second-order valence-corrected chi connectivity index (χ2v) is 6.31. The summed E-state index contributed by atoms with van der Waals surface area (Å²) in [4.78, 5) is 1.19. The van der Waals surface area contributed by atoms with Crippen LogP contribution in [0.25, 0.3) is 15.8 Å². The van der Waals surface area contributed by atoms with E-state index in [1.165, 1.54) is 21.2 Å². The van der Waals surface area contributed by atoms with Crippen molar-refractivity contribution < 1.29 is 0 Å². The van der Waals surface area contributed by atoms with E-state index in [1.807, 2.05) is 5.41 Å². The quantitative estimate of drug-likeness (QED) is 0.499. The van der Waals surface area contributed by atoms with Crippen molar-refractivity contribution in [2.24, 2.45) is 0 Å². The summed E-state index contributed by atoms with van der Waals surface area (Å²) in [5.41, 5.74) is 2.29. The SMILES string of the molecule is Cc1ccc(/C(Cl)=C\Sc2ccc3ccccc3c2)cc1. The zero-order valence-corrected chi connectivity index (χ0v) is 13.3. The van der Waals surface area contributed by atoms with Gasteiger partial charge >= 0.3 is 0 Å². The highest BCUT2D eigenvalue weighted by atomic mass is 35.5. The van der Waals surface area contributed by atoms with Gasteiger partial charge in [0.25, 0.3) is 0 Å². The molecule has 0 fully saturated rings.